The summed E-state index contributed by atoms with van der Waals surface area (Å²) >= 11 is 1.45. The molecule has 196 valence electrons. The number of amides is 2. The van der Waals surface area contributed by atoms with Crippen LogP contribution in [0.15, 0.2) is 70.7 Å². The lowest BCUT2D eigenvalue weighted by Crippen LogP contribution is -2.42. The Balaban J connectivity index is 1.33. The first kappa shape index (κ1) is 24.9. The summed E-state index contributed by atoms with van der Waals surface area (Å²) in [5.41, 5.74) is 2.78. The van der Waals surface area contributed by atoms with Gasteiger partial charge < -0.3 is 14.2 Å². The number of thioether (sulfide) groups is 1. The fraction of sp³-hybridized carbons (Fsp3) is 0.367. The normalized spacial score (nSPS) is 21.2. The summed E-state index contributed by atoms with van der Waals surface area (Å²) in [4.78, 5) is 36.2. The van der Waals surface area contributed by atoms with E-state index in [1.807, 2.05) is 75.2 Å². The quantitative estimate of drug-likeness (QED) is 0.414. The van der Waals surface area contributed by atoms with Gasteiger partial charge in [0, 0.05) is 41.8 Å². The molecule has 6 rings (SSSR count). The first-order valence-corrected chi connectivity index (χ1v) is 14.3. The van der Waals surface area contributed by atoms with Gasteiger partial charge >= 0.3 is 0 Å². The van der Waals surface area contributed by atoms with Crippen molar-refractivity contribution in [2.24, 2.45) is 4.99 Å². The SMILES string of the molecule is O=C(Cn1cc(/C=C2/SC(=Nc3ccccc3)N(C3CCCCC3)C2=O)c2ccccc21)N1CCOCC1. The minimum absolute atomic E-state index is 0.0257. The van der Waals surface area contributed by atoms with E-state index in [2.05, 4.69) is 6.07 Å². The number of hydrogen-bond donors (Lipinski definition) is 0. The van der Waals surface area contributed by atoms with Crippen LogP contribution in [0.5, 0.6) is 0 Å². The number of aromatic nitrogens is 1. The van der Waals surface area contributed by atoms with Gasteiger partial charge in [0.15, 0.2) is 5.17 Å². The van der Waals surface area contributed by atoms with Crippen molar-refractivity contribution in [2.45, 2.75) is 44.7 Å². The standard InChI is InChI=1S/C30H32N4O3S/c35-28(32-15-17-37-18-16-32)21-33-20-22(25-13-7-8-14-26(25)33)19-27-29(36)34(24-11-5-2-6-12-24)30(38-27)31-23-9-3-1-4-10-23/h1,3-4,7-10,13-14,19-20,24H,2,5-6,11-12,15-18,21H2/b27-19+,31-30?. The Morgan fingerprint density at radius 2 is 1.74 bits per heavy atom. The number of morpholine rings is 1. The van der Waals surface area contributed by atoms with E-state index in [0.717, 1.165) is 53.0 Å². The van der Waals surface area contributed by atoms with Crippen molar-refractivity contribution in [3.63, 3.8) is 0 Å². The summed E-state index contributed by atoms with van der Waals surface area (Å²) in [6, 6.07) is 18.1. The van der Waals surface area contributed by atoms with E-state index in [0.29, 0.717) is 31.2 Å². The molecule has 0 atom stereocenters. The number of carbonyl (C=O) groups is 2. The molecule has 0 unspecified atom stereocenters. The Kier molecular flexibility index (Phi) is 7.33. The largest absolute Gasteiger partial charge is 0.378 e. The molecule has 1 aromatic heterocycles. The predicted octanol–water partition coefficient (Wildman–Crippen LogP) is 5.44. The molecular formula is C30H32N4O3S. The maximum atomic E-state index is 13.8. The van der Waals surface area contributed by atoms with Crippen LogP contribution in [0.25, 0.3) is 17.0 Å². The molecule has 3 aliphatic rings. The molecule has 38 heavy (non-hydrogen) atoms. The van der Waals surface area contributed by atoms with Crippen LogP contribution in [0.3, 0.4) is 0 Å². The second-order valence-electron chi connectivity index (χ2n) is 10.0. The van der Waals surface area contributed by atoms with Crippen LogP contribution in [0.4, 0.5) is 5.69 Å². The average Bonchev–Trinajstić information content (AvgIpc) is 3.46. The van der Waals surface area contributed by atoms with Gasteiger partial charge in [-0.2, -0.15) is 0 Å². The fourth-order valence-electron chi connectivity index (χ4n) is 5.56. The van der Waals surface area contributed by atoms with Crippen molar-refractivity contribution < 1.29 is 14.3 Å². The molecule has 8 heteroatoms. The van der Waals surface area contributed by atoms with Gasteiger partial charge in [0.2, 0.25) is 5.91 Å². The first-order chi connectivity index (χ1) is 18.7. The molecule has 0 spiro atoms. The molecule has 1 saturated carbocycles. The molecular weight excluding hydrogens is 496 g/mol. The third-order valence-corrected chi connectivity index (χ3v) is 8.52. The molecule has 3 aromatic rings. The number of rotatable bonds is 5. The summed E-state index contributed by atoms with van der Waals surface area (Å²) < 4.78 is 7.40. The van der Waals surface area contributed by atoms with E-state index in [4.69, 9.17) is 9.73 Å². The molecule has 3 heterocycles. The number of aliphatic imine (C=N–C) groups is 1. The van der Waals surface area contributed by atoms with Crippen molar-refractivity contribution in [2.75, 3.05) is 26.3 Å². The molecule has 2 amide bonds. The highest BCUT2D eigenvalue weighted by molar-refractivity contribution is 8.18. The third kappa shape index (κ3) is 5.15. The van der Waals surface area contributed by atoms with E-state index in [1.165, 1.54) is 18.2 Å². The highest BCUT2D eigenvalue weighted by Crippen LogP contribution is 2.39. The molecule has 7 nitrogen and oxygen atoms in total. The lowest BCUT2D eigenvalue weighted by molar-refractivity contribution is -0.135. The molecule has 3 fully saturated rings. The fourth-order valence-corrected chi connectivity index (χ4v) is 6.61. The van der Waals surface area contributed by atoms with Gasteiger partial charge in [0.05, 0.1) is 23.8 Å². The number of nitrogens with zero attached hydrogens (tertiary/aromatic N) is 4. The van der Waals surface area contributed by atoms with Crippen LogP contribution in [0.1, 0.15) is 37.7 Å². The predicted molar refractivity (Wildman–Crippen MR) is 152 cm³/mol. The van der Waals surface area contributed by atoms with Gasteiger partial charge in [0.25, 0.3) is 5.91 Å². The number of para-hydroxylation sites is 2. The van der Waals surface area contributed by atoms with Gasteiger partial charge in [-0.05, 0) is 48.9 Å². The number of fused-ring (bicyclic) bond motifs is 1. The second-order valence-corrected chi connectivity index (χ2v) is 11.0. The minimum atomic E-state index is 0.0257. The van der Waals surface area contributed by atoms with Gasteiger partial charge in [-0.3, -0.25) is 14.5 Å². The zero-order chi connectivity index (χ0) is 25.9. The van der Waals surface area contributed by atoms with E-state index in [9.17, 15) is 9.59 Å². The van der Waals surface area contributed by atoms with Crippen LogP contribution in [0, 0.1) is 0 Å². The van der Waals surface area contributed by atoms with Crippen molar-refractivity contribution in [3.8, 4) is 0 Å². The Bertz CT molecular complexity index is 1390. The Morgan fingerprint density at radius 1 is 1.00 bits per heavy atom. The third-order valence-electron chi connectivity index (χ3n) is 7.53. The Morgan fingerprint density at radius 3 is 2.53 bits per heavy atom. The first-order valence-electron chi connectivity index (χ1n) is 13.5. The van der Waals surface area contributed by atoms with Crippen LogP contribution >= 0.6 is 11.8 Å². The van der Waals surface area contributed by atoms with Crippen LogP contribution in [-0.2, 0) is 20.9 Å². The van der Waals surface area contributed by atoms with E-state index >= 15 is 0 Å². The zero-order valence-electron chi connectivity index (χ0n) is 21.4. The molecule has 2 aliphatic heterocycles. The molecule has 1 aliphatic carbocycles. The summed E-state index contributed by atoms with van der Waals surface area (Å²) in [5, 5.41) is 1.78. The topological polar surface area (TPSA) is 67.1 Å². The number of benzene rings is 2. The van der Waals surface area contributed by atoms with Crippen LogP contribution in [-0.4, -0.2) is 63.7 Å². The van der Waals surface area contributed by atoms with Crippen molar-refractivity contribution in [3.05, 3.63) is 71.3 Å². The Hall–Kier alpha value is -3.36. The number of amidine groups is 1. The van der Waals surface area contributed by atoms with E-state index in [1.54, 1.807) is 0 Å². The lowest BCUT2D eigenvalue weighted by atomic mass is 9.94. The van der Waals surface area contributed by atoms with E-state index in [-0.39, 0.29) is 24.4 Å². The smallest absolute Gasteiger partial charge is 0.267 e. The maximum Gasteiger partial charge on any atom is 0.267 e. The van der Waals surface area contributed by atoms with Gasteiger partial charge in [0.1, 0.15) is 6.54 Å². The highest BCUT2D eigenvalue weighted by Gasteiger charge is 2.38. The number of hydrogen-bond acceptors (Lipinski definition) is 5. The monoisotopic (exact) mass is 528 g/mol. The van der Waals surface area contributed by atoms with E-state index < -0.39 is 0 Å². The van der Waals surface area contributed by atoms with Crippen molar-refractivity contribution in [1.29, 1.82) is 0 Å². The van der Waals surface area contributed by atoms with Gasteiger partial charge in [-0.15, -0.1) is 0 Å². The summed E-state index contributed by atoms with van der Waals surface area (Å²) in [6.07, 6.45) is 9.51. The van der Waals surface area contributed by atoms with Crippen LogP contribution in [0.2, 0.25) is 0 Å². The summed E-state index contributed by atoms with van der Waals surface area (Å²) in [6.45, 7) is 2.68. The lowest BCUT2D eigenvalue weighted by Gasteiger charge is -2.30. The van der Waals surface area contributed by atoms with Gasteiger partial charge in [-0.1, -0.05) is 55.7 Å². The molecule has 0 N–H and O–H groups in total. The Labute approximate surface area is 227 Å². The van der Waals surface area contributed by atoms with Crippen molar-refractivity contribution in [1.82, 2.24) is 14.4 Å². The summed E-state index contributed by atoms with van der Waals surface area (Å²) in [7, 11) is 0. The highest BCUT2D eigenvalue weighted by atomic mass is 32.2. The molecule has 2 saturated heterocycles. The molecule has 0 radical (unpaired) electrons. The number of ether oxygens (including phenoxy) is 1. The summed E-state index contributed by atoms with van der Waals surface area (Å²) in [5.74, 6) is 0.109. The zero-order valence-corrected chi connectivity index (χ0v) is 22.2. The number of carbonyl (C=O) groups excluding carboxylic acids is 2. The minimum Gasteiger partial charge on any atom is -0.378 e. The maximum absolute atomic E-state index is 13.8. The molecule has 2 aromatic carbocycles. The van der Waals surface area contributed by atoms with Crippen LogP contribution < -0.4 is 0 Å². The van der Waals surface area contributed by atoms with Gasteiger partial charge in [-0.25, -0.2) is 4.99 Å². The second kappa shape index (κ2) is 11.2. The van der Waals surface area contributed by atoms with Crippen molar-refractivity contribution >= 4 is 51.4 Å². The average molecular weight is 529 g/mol. The molecule has 0 bridgehead atoms.